The van der Waals surface area contributed by atoms with Gasteiger partial charge in [-0.1, -0.05) is 30.0 Å². The van der Waals surface area contributed by atoms with Crippen molar-refractivity contribution in [2.45, 2.75) is 32.0 Å². The molecule has 10 heteroatoms. The van der Waals surface area contributed by atoms with Crippen LogP contribution in [0.2, 0.25) is 0 Å². The molecule has 34 heavy (non-hydrogen) atoms. The van der Waals surface area contributed by atoms with Gasteiger partial charge in [-0.05, 0) is 50.6 Å². The van der Waals surface area contributed by atoms with Gasteiger partial charge in [0.1, 0.15) is 5.82 Å². The van der Waals surface area contributed by atoms with E-state index in [0.29, 0.717) is 38.6 Å². The van der Waals surface area contributed by atoms with Gasteiger partial charge in [0.2, 0.25) is 0 Å². The zero-order chi connectivity index (χ0) is 24.4. The second kappa shape index (κ2) is 9.68. The number of fused-ring (bicyclic) bond motifs is 1. The summed E-state index contributed by atoms with van der Waals surface area (Å²) >= 11 is 1.15. The van der Waals surface area contributed by atoms with E-state index in [1.807, 2.05) is 0 Å². The first-order valence-electron chi connectivity index (χ1n) is 10.7. The summed E-state index contributed by atoms with van der Waals surface area (Å²) in [5.74, 6) is -0.854. The average Bonchev–Trinajstić information content (AvgIpc) is 2.79. The van der Waals surface area contributed by atoms with Gasteiger partial charge in [-0.2, -0.15) is 0 Å². The Bertz CT molecular complexity index is 1390. The van der Waals surface area contributed by atoms with Crippen molar-refractivity contribution in [2.75, 3.05) is 12.4 Å². The summed E-state index contributed by atoms with van der Waals surface area (Å²) in [6, 6.07) is 10.4. The number of hydrogen-bond acceptors (Lipinski definition) is 6. The van der Waals surface area contributed by atoms with Crippen LogP contribution in [-0.4, -0.2) is 40.0 Å². The highest BCUT2D eigenvalue weighted by atomic mass is 32.2. The normalized spacial score (nSPS) is 15.8. The fourth-order valence-electron chi connectivity index (χ4n) is 3.69. The highest BCUT2D eigenvalue weighted by Crippen LogP contribution is 2.26. The summed E-state index contributed by atoms with van der Waals surface area (Å²) in [7, 11) is 0. The molecule has 0 saturated heterocycles. The minimum atomic E-state index is -0.554. The Labute approximate surface area is 199 Å². The van der Waals surface area contributed by atoms with E-state index in [-0.39, 0.29) is 17.9 Å². The Morgan fingerprint density at radius 3 is 2.74 bits per heavy atom. The number of amides is 2. The molecule has 2 aromatic carbocycles. The lowest BCUT2D eigenvalue weighted by atomic mass is 10.1. The van der Waals surface area contributed by atoms with E-state index in [4.69, 9.17) is 4.74 Å². The Morgan fingerprint density at radius 2 is 2.00 bits per heavy atom. The molecule has 2 heterocycles. The molecule has 0 radical (unpaired) electrons. The van der Waals surface area contributed by atoms with Crippen LogP contribution in [0.3, 0.4) is 0 Å². The van der Waals surface area contributed by atoms with Crippen molar-refractivity contribution >= 4 is 34.7 Å². The number of carbonyl (C=O) groups excluding carboxylic acids is 2. The number of esters is 1. The number of hydrogen-bond donors (Lipinski definition) is 2. The topological polar surface area (TPSA) is 102 Å². The maximum atomic E-state index is 14.4. The number of nitrogens with one attached hydrogen (secondary N) is 2. The van der Waals surface area contributed by atoms with Gasteiger partial charge < -0.3 is 15.4 Å². The Balaban J connectivity index is 1.81. The first-order chi connectivity index (χ1) is 16.3. The van der Waals surface area contributed by atoms with Crippen LogP contribution in [0.4, 0.5) is 9.18 Å². The second-order valence-electron chi connectivity index (χ2n) is 7.71. The fourth-order valence-corrected chi connectivity index (χ4v) is 4.67. The lowest BCUT2D eigenvalue weighted by Crippen LogP contribution is -2.49. The highest BCUT2D eigenvalue weighted by Gasteiger charge is 2.30. The number of ether oxygens (including phenoxy) is 1. The van der Waals surface area contributed by atoms with Crippen molar-refractivity contribution in [3.05, 3.63) is 75.5 Å². The Kier molecular flexibility index (Phi) is 6.69. The average molecular weight is 483 g/mol. The number of aromatic nitrogens is 2. The van der Waals surface area contributed by atoms with Crippen molar-refractivity contribution in [3.63, 3.8) is 0 Å². The number of halogens is 1. The summed E-state index contributed by atoms with van der Waals surface area (Å²) < 4.78 is 20.9. The quantitative estimate of drug-likeness (QED) is 0.317. The van der Waals surface area contributed by atoms with E-state index in [1.54, 1.807) is 57.2 Å². The van der Waals surface area contributed by atoms with Crippen molar-refractivity contribution < 1.29 is 18.7 Å². The minimum absolute atomic E-state index is 0.130. The Hall–Kier alpha value is -3.66. The zero-order valence-electron chi connectivity index (χ0n) is 18.8. The molecule has 0 saturated carbocycles. The van der Waals surface area contributed by atoms with Crippen LogP contribution in [-0.2, 0) is 9.53 Å². The number of thioether (sulfide) groups is 1. The molecule has 0 spiro atoms. The summed E-state index contributed by atoms with van der Waals surface area (Å²) in [5, 5.41) is 6.00. The largest absolute Gasteiger partial charge is 0.463 e. The summed E-state index contributed by atoms with van der Waals surface area (Å²) in [6.45, 7) is 5.22. The number of benzene rings is 2. The number of aryl methyl sites for hydroxylation is 1. The van der Waals surface area contributed by atoms with Crippen molar-refractivity contribution in [1.82, 2.24) is 20.2 Å². The molecule has 1 atom stereocenters. The van der Waals surface area contributed by atoms with Gasteiger partial charge in [-0.25, -0.2) is 19.0 Å². The molecule has 2 amide bonds. The van der Waals surface area contributed by atoms with E-state index in [9.17, 15) is 18.8 Å². The van der Waals surface area contributed by atoms with E-state index < -0.39 is 23.9 Å². The molecule has 8 nitrogen and oxygen atoms in total. The SMILES string of the molecule is CCOC(=O)C1=C(CSc2nc3ccccc3c(=O)n2-c2ccc(C)c(F)c2)NC(=O)N[C@H]1C. The van der Waals surface area contributed by atoms with E-state index in [0.717, 1.165) is 11.8 Å². The van der Waals surface area contributed by atoms with Crippen LogP contribution in [0.25, 0.3) is 16.6 Å². The predicted molar refractivity (Wildman–Crippen MR) is 128 cm³/mol. The van der Waals surface area contributed by atoms with Crippen molar-refractivity contribution in [1.29, 1.82) is 0 Å². The first kappa shape index (κ1) is 23.5. The zero-order valence-corrected chi connectivity index (χ0v) is 19.7. The molecular weight excluding hydrogens is 459 g/mol. The van der Waals surface area contributed by atoms with Crippen LogP contribution in [0.15, 0.2) is 63.7 Å². The molecule has 2 N–H and O–H groups in total. The summed E-state index contributed by atoms with van der Waals surface area (Å²) in [4.78, 5) is 42.6. The lowest BCUT2D eigenvalue weighted by Gasteiger charge is -2.26. The number of rotatable bonds is 6. The van der Waals surface area contributed by atoms with E-state index in [2.05, 4.69) is 15.6 Å². The maximum Gasteiger partial charge on any atom is 0.337 e. The van der Waals surface area contributed by atoms with Crippen molar-refractivity contribution in [2.24, 2.45) is 0 Å². The summed E-state index contributed by atoms with van der Waals surface area (Å²) in [5.41, 5.74) is 1.58. The second-order valence-corrected chi connectivity index (χ2v) is 8.65. The number of urea groups is 1. The number of carbonyl (C=O) groups is 2. The molecule has 1 aliphatic heterocycles. The van der Waals surface area contributed by atoms with Gasteiger partial charge in [-0.3, -0.25) is 9.36 Å². The van der Waals surface area contributed by atoms with Crippen LogP contribution in [0, 0.1) is 12.7 Å². The molecule has 0 bridgehead atoms. The van der Waals surface area contributed by atoms with Crippen LogP contribution < -0.4 is 16.2 Å². The smallest absolute Gasteiger partial charge is 0.337 e. The molecule has 0 aliphatic carbocycles. The van der Waals surface area contributed by atoms with E-state index >= 15 is 0 Å². The van der Waals surface area contributed by atoms with Crippen molar-refractivity contribution in [3.8, 4) is 5.69 Å². The predicted octanol–water partition coefficient (Wildman–Crippen LogP) is 3.44. The standard InChI is InChI=1S/C24H23FN4O4S/c1-4-33-22(31)20-14(3)26-23(32)27-19(20)12-34-24-28-18-8-6-5-7-16(18)21(30)29(24)15-10-9-13(2)17(25)11-15/h5-11,14H,4,12H2,1-3H3,(H2,26,27,32)/t14-/m0/s1. The van der Waals surface area contributed by atoms with Gasteiger partial charge in [-0.15, -0.1) is 0 Å². The monoisotopic (exact) mass is 482 g/mol. The molecule has 3 aromatic rings. The van der Waals surface area contributed by atoms with Gasteiger partial charge in [0, 0.05) is 11.4 Å². The third kappa shape index (κ3) is 4.54. The summed E-state index contributed by atoms with van der Waals surface area (Å²) in [6.07, 6.45) is 0. The van der Waals surface area contributed by atoms with Gasteiger partial charge in [0.25, 0.3) is 5.56 Å². The van der Waals surface area contributed by atoms with Crippen LogP contribution in [0.5, 0.6) is 0 Å². The van der Waals surface area contributed by atoms with Crippen LogP contribution in [0.1, 0.15) is 19.4 Å². The van der Waals surface area contributed by atoms with Crippen LogP contribution >= 0.6 is 11.8 Å². The fraction of sp³-hybridized carbons (Fsp3) is 0.250. The number of nitrogens with zero attached hydrogens (tertiary/aromatic N) is 2. The third-order valence-electron chi connectivity index (χ3n) is 5.37. The van der Waals surface area contributed by atoms with Gasteiger partial charge in [0.15, 0.2) is 5.16 Å². The molecule has 1 aromatic heterocycles. The molecule has 176 valence electrons. The molecule has 1 aliphatic rings. The molecule has 4 rings (SSSR count). The Morgan fingerprint density at radius 1 is 1.24 bits per heavy atom. The molecule has 0 unspecified atom stereocenters. The van der Waals surface area contributed by atoms with Gasteiger partial charge >= 0.3 is 12.0 Å². The molecular formula is C24H23FN4O4S. The first-order valence-corrected chi connectivity index (χ1v) is 11.7. The highest BCUT2D eigenvalue weighted by molar-refractivity contribution is 7.99. The van der Waals surface area contributed by atoms with Gasteiger partial charge in [0.05, 0.1) is 34.8 Å². The maximum absolute atomic E-state index is 14.4. The number of para-hydroxylation sites is 1. The minimum Gasteiger partial charge on any atom is -0.463 e. The molecule has 0 fully saturated rings. The van der Waals surface area contributed by atoms with E-state index in [1.165, 1.54) is 10.6 Å². The third-order valence-corrected chi connectivity index (χ3v) is 6.33. The lowest BCUT2D eigenvalue weighted by molar-refractivity contribution is -0.138.